The van der Waals surface area contributed by atoms with Crippen LogP contribution in [0.4, 0.5) is 0 Å². The van der Waals surface area contributed by atoms with Gasteiger partial charge in [0.25, 0.3) is 0 Å². The molecule has 0 unspecified atom stereocenters. The minimum atomic E-state index is 0.255. The fourth-order valence-electron chi connectivity index (χ4n) is 2.36. The van der Waals surface area contributed by atoms with Crippen molar-refractivity contribution >= 4 is 0 Å². The van der Waals surface area contributed by atoms with Crippen molar-refractivity contribution in [3.8, 4) is 17.1 Å². The molecule has 19 heavy (non-hydrogen) atoms. The molecule has 0 aliphatic heterocycles. The molecule has 5 nitrogen and oxygen atoms in total. The summed E-state index contributed by atoms with van der Waals surface area (Å²) in [5, 5.41) is 3.91. The Labute approximate surface area is 111 Å². The highest BCUT2D eigenvalue weighted by atomic mass is 16.5. The van der Waals surface area contributed by atoms with Crippen LogP contribution in [0.2, 0.25) is 0 Å². The molecular weight excluding hydrogens is 242 g/mol. The third-order valence-corrected chi connectivity index (χ3v) is 3.34. The van der Waals surface area contributed by atoms with E-state index in [1.54, 1.807) is 0 Å². The smallest absolute Gasteiger partial charge is 0.240 e. The number of aromatic nitrogens is 2. The van der Waals surface area contributed by atoms with Crippen LogP contribution in [-0.4, -0.2) is 16.2 Å². The third kappa shape index (κ3) is 2.76. The van der Waals surface area contributed by atoms with Gasteiger partial charge in [-0.25, -0.2) is 0 Å². The van der Waals surface area contributed by atoms with Gasteiger partial charge in [-0.05, 0) is 37.8 Å². The van der Waals surface area contributed by atoms with E-state index in [9.17, 15) is 0 Å². The monoisotopic (exact) mass is 259 g/mol. The van der Waals surface area contributed by atoms with Crippen LogP contribution in [0.3, 0.4) is 0 Å². The Balaban J connectivity index is 1.78. The Hall–Kier alpha value is -1.88. The van der Waals surface area contributed by atoms with Gasteiger partial charge in [0.2, 0.25) is 11.7 Å². The van der Waals surface area contributed by atoms with E-state index in [0.717, 1.165) is 24.2 Å². The number of ether oxygens (including phenoxy) is 1. The third-order valence-electron chi connectivity index (χ3n) is 3.34. The molecule has 0 radical (unpaired) electrons. The zero-order chi connectivity index (χ0) is 13.1. The molecule has 2 N–H and O–H groups in total. The maximum absolute atomic E-state index is 5.96. The summed E-state index contributed by atoms with van der Waals surface area (Å²) < 4.78 is 11.0. The molecule has 5 heteroatoms. The first-order valence-electron chi connectivity index (χ1n) is 6.65. The summed E-state index contributed by atoms with van der Waals surface area (Å²) in [6, 6.07) is 7.79. The van der Waals surface area contributed by atoms with E-state index in [1.807, 2.05) is 24.3 Å². The van der Waals surface area contributed by atoms with E-state index in [0.29, 0.717) is 17.8 Å². The quantitative estimate of drug-likeness (QED) is 0.913. The van der Waals surface area contributed by atoms with Gasteiger partial charge in [0.05, 0.1) is 12.6 Å². The first kappa shape index (κ1) is 12.2. The van der Waals surface area contributed by atoms with Crippen molar-refractivity contribution in [2.45, 2.75) is 38.3 Å². The van der Waals surface area contributed by atoms with Gasteiger partial charge < -0.3 is 15.0 Å². The number of nitrogens with zero attached hydrogens (tertiary/aromatic N) is 2. The van der Waals surface area contributed by atoms with Gasteiger partial charge in [0.1, 0.15) is 5.75 Å². The number of hydrogen-bond donors (Lipinski definition) is 1. The molecule has 1 aliphatic carbocycles. The Morgan fingerprint density at radius 2 is 2.16 bits per heavy atom. The van der Waals surface area contributed by atoms with Crippen LogP contribution in [0.15, 0.2) is 28.8 Å². The molecule has 0 amide bonds. The Morgan fingerprint density at radius 3 is 2.89 bits per heavy atom. The summed E-state index contributed by atoms with van der Waals surface area (Å²) in [7, 11) is 0. The van der Waals surface area contributed by atoms with Gasteiger partial charge in [0, 0.05) is 5.56 Å². The molecule has 0 atom stereocenters. The molecule has 3 rings (SSSR count). The van der Waals surface area contributed by atoms with Crippen LogP contribution >= 0.6 is 0 Å². The molecular formula is C14H17N3O2. The van der Waals surface area contributed by atoms with Crippen molar-refractivity contribution in [2.75, 3.05) is 0 Å². The summed E-state index contributed by atoms with van der Waals surface area (Å²) >= 11 is 0. The van der Waals surface area contributed by atoms with Crippen molar-refractivity contribution in [3.63, 3.8) is 0 Å². The fourth-order valence-corrected chi connectivity index (χ4v) is 2.36. The molecule has 1 aromatic heterocycles. The largest absolute Gasteiger partial charge is 0.490 e. The Morgan fingerprint density at radius 1 is 1.32 bits per heavy atom. The maximum atomic E-state index is 5.96. The molecule has 1 aliphatic rings. The van der Waals surface area contributed by atoms with E-state index in [-0.39, 0.29) is 6.54 Å². The van der Waals surface area contributed by atoms with Crippen LogP contribution in [0, 0.1) is 0 Å². The van der Waals surface area contributed by atoms with Crippen molar-refractivity contribution in [1.29, 1.82) is 0 Å². The average molecular weight is 259 g/mol. The molecule has 1 fully saturated rings. The summed E-state index contributed by atoms with van der Waals surface area (Å²) in [5.41, 5.74) is 6.35. The zero-order valence-corrected chi connectivity index (χ0v) is 10.7. The van der Waals surface area contributed by atoms with Crippen molar-refractivity contribution in [1.82, 2.24) is 10.1 Å². The second-order valence-electron chi connectivity index (χ2n) is 4.77. The molecule has 2 aromatic rings. The van der Waals surface area contributed by atoms with Gasteiger partial charge in [-0.3, -0.25) is 0 Å². The van der Waals surface area contributed by atoms with Gasteiger partial charge in [-0.2, -0.15) is 4.98 Å². The molecule has 1 saturated carbocycles. The van der Waals surface area contributed by atoms with Gasteiger partial charge in [-0.1, -0.05) is 17.3 Å². The minimum Gasteiger partial charge on any atom is -0.490 e. The summed E-state index contributed by atoms with van der Waals surface area (Å²) in [6.45, 7) is 0.255. The van der Waals surface area contributed by atoms with Crippen LogP contribution in [0.25, 0.3) is 11.4 Å². The van der Waals surface area contributed by atoms with E-state index < -0.39 is 0 Å². The molecule has 100 valence electrons. The average Bonchev–Trinajstić information content (AvgIpc) is 3.09. The molecule has 0 bridgehead atoms. The molecule has 0 saturated heterocycles. The van der Waals surface area contributed by atoms with E-state index in [4.69, 9.17) is 15.0 Å². The van der Waals surface area contributed by atoms with Crippen molar-refractivity contribution in [2.24, 2.45) is 5.73 Å². The lowest BCUT2D eigenvalue weighted by atomic mass is 10.2. The topological polar surface area (TPSA) is 74.2 Å². The molecule has 1 aromatic carbocycles. The predicted molar refractivity (Wildman–Crippen MR) is 70.5 cm³/mol. The highest BCUT2D eigenvalue weighted by Gasteiger charge is 2.17. The number of nitrogens with two attached hydrogens (primary N) is 1. The fraction of sp³-hybridized carbons (Fsp3) is 0.429. The minimum absolute atomic E-state index is 0.255. The summed E-state index contributed by atoms with van der Waals surface area (Å²) in [5.74, 6) is 1.86. The van der Waals surface area contributed by atoms with Gasteiger partial charge >= 0.3 is 0 Å². The molecule has 0 spiro atoms. The highest BCUT2D eigenvalue weighted by Crippen LogP contribution is 2.26. The standard InChI is InChI=1S/C14H17N3O2/c15-9-13-16-14(17-19-13)10-4-3-7-12(8-10)18-11-5-1-2-6-11/h3-4,7-8,11H,1-2,5-6,9,15H2. The maximum Gasteiger partial charge on any atom is 0.240 e. The first-order valence-corrected chi connectivity index (χ1v) is 6.65. The van der Waals surface area contributed by atoms with Crippen LogP contribution in [-0.2, 0) is 6.54 Å². The normalized spacial score (nSPS) is 15.8. The van der Waals surface area contributed by atoms with Crippen LogP contribution in [0.1, 0.15) is 31.6 Å². The highest BCUT2D eigenvalue weighted by molar-refractivity contribution is 5.56. The van der Waals surface area contributed by atoms with Crippen molar-refractivity contribution in [3.05, 3.63) is 30.2 Å². The number of benzene rings is 1. The lowest BCUT2D eigenvalue weighted by molar-refractivity contribution is 0.210. The SMILES string of the molecule is NCc1nc(-c2cccc(OC3CCCC3)c2)no1. The predicted octanol–water partition coefficient (Wildman–Crippen LogP) is 2.52. The van der Waals surface area contributed by atoms with E-state index >= 15 is 0 Å². The summed E-state index contributed by atoms with van der Waals surface area (Å²) in [4.78, 5) is 4.21. The first-order chi connectivity index (χ1) is 9.35. The zero-order valence-electron chi connectivity index (χ0n) is 10.7. The van der Waals surface area contributed by atoms with Crippen LogP contribution in [0.5, 0.6) is 5.75 Å². The van der Waals surface area contributed by atoms with Gasteiger partial charge in [0.15, 0.2) is 0 Å². The van der Waals surface area contributed by atoms with Crippen molar-refractivity contribution < 1.29 is 9.26 Å². The van der Waals surface area contributed by atoms with E-state index in [1.165, 1.54) is 12.8 Å². The number of rotatable bonds is 4. The van der Waals surface area contributed by atoms with Gasteiger partial charge in [-0.15, -0.1) is 0 Å². The lowest BCUT2D eigenvalue weighted by Gasteiger charge is -2.13. The molecule has 1 heterocycles. The lowest BCUT2D eigenvalue weighted by Crippen LogP contribution is -2.10. The Kier molecular flexibility index (Phi) is 3.46. The Bertz CT molecular complexity index is 547. The second-order valence-corrected chi connectivity index (χ2v) is 4.77. The number of hydrogen-bond acceptors (Lipinski definition) is 5. The second kappa shape index (κ2) is 5.40. The summed E-state index contributed by atoms with van der Waals surface area (Å²) in [6.07, 6.45) is 5.15. The van der Waals surface area contributed by atoms with Crippen LogP contribution < -0.4 is 10.5 Å². The van der Waals surface area contributed by atoms with E-state index in [2.05, 4.69) is 10.1 Å².